The molecule has 1 amide bonds. The first kappa shape index (κ1) is 14.9. The van der Waals surface area contributed by atoms with E-state index in [0.717, 1.165) is 25.1 Å². The number of likely N-dealkylation sites (tertiary alicyclic amines) is 1. The highest BCUT2D eigenvalue weighted by Gasteiger charge is 2.27. The maximum absolute atomic E-state index is 13.4. The van der Waals surface area contributed by atoms with E-state index in [1.54, 1.807) is 6.92 Å². The maximum Gasteiger partial charge on any atom is 0.238 e. The highest BCUT2D eigenvalue weighted by Crippen LogP contribution is 2.20. The summed E-state index contributed by atoms with van der Waals surface area (Å²) >= 11 is 0. The van der Waals surface area contributed by atoms with Gasteiger partial charge in [0.25, 0.3) is 0 Å². The summed E-state index contributed by atoms with van der Waals surface area (Å²) in [5.74, 6) is -1.64. The molecule has 2 atom stereocenters. The highest BCUT2D eigenvalue weighted by molar-refractivity contribution is 5.92. The molecule has 0 aliphatic carbocycles. The molecule has 0 bridgehead atoms. The average Bonchev–Trinajstić information content (AvgIpc) is 2.81. The zero-order valence-corrected chi connectivity index (χ0v) is 11.3. The Morgan fingerprint density at radius 3 is 2.90 bits per heavy atom. The zero-order valence-electron chi connectivity index (χ0n) is 11.3. The number of hydrogen-bond acceptors (Lipinski definition) is 3. The smallest absolute Gasteiger partial charge is 0.238 e. The molecule has 6 heteroatoms. The third-order valence-corrected chi connectivity index (χ3v) is 3.56. The third-order valence-electron chi connectivity index (χ3n) is 3.56. The van der Waals surface area contributed by atoms with Crippen LogP contribution in [0.5, 0.6) is 0 Å². The third kappa shape index (κ3) is 3.74. The van der Waals surface area contributed by atoms with Crippen LogP contribution in [0.1, 0.15) is 13.3 Å². The molecule has 2 N–H and O–H groups in total. The van der Waals surface area contributed by atoms with Crippen molar-refractivity contribution in [2.75, 3.05) is 25.0 Å². The van der Waals surface area contributed by atoms with Crippen molar-refractivity contribution in [1.82, 2.24) is 4.90 Å². The Bertz CT molecular complexity index is 494. The number of carbonyl (C=O) groups is 1. The van der Waals surface area contributed by atoms with Gasteiger partial charge in [0, 0.05) is 12.6 Å². The van der Waals surface area contributed by atoms with Crippen molar-refractivity contribution in [2.24, 2.45) is 5.92 Å². The largest absolute Gasteiger partial charge is 0.393 e. The lowest BCUT2D eigenvalue weighted by Crippen LogP contribution is -2.32. The van der Waals surface area contributed by atoms with Crippen molar-refractivity contribution in [1.29, 1.82) is 0 Å². The number of halogens is 2. The van der Waals surface area contributed by atoms with E-state index in [-0.39, 0.29) is 24.1 Å². The van der Waals surface area contributed by atoms with Gasteiger partial charge in [-0.2, -0.15) is 0 Å². The molecule has 0 aromatic heterocycles. The van der Waals surface area contributed by atoms with Crippen LogP contribution < -0.4 is 5.32 Å². The molecule has 110 valence electrons. The fourth-order valence-corrected chi connectivity index (χ4v) is 2.38. The van der Waals surface area contributed by atoms with Gasteiger partial charge >= 0.3 is 0 Å². The van der Waals surface area contributed by atoms with Crippen molar-refractivity contribution >= 4 is 11.6 Å². The van der Waals surface area contributed by atoms with Gasteiger partial charge in [0.2, 0.25) is 5.91 Å². The van der Waals surface area contributed by atoms with E-state index in [0.29, 0.717) is 6.54 Å². The lowest BCUT2D eigenvalue weighted by atomic mass is 10.0. The van der Waals surface area contributed by atoms with Crippen molar-refractivity contribution in [2.45, 2.75) is 19.4 Å². The van der Waals surface area contributed by atoms with Crippen molar-refractivity contribution in [3.05, 3.63) is 29.8 Å². The molecule has 0 radical (unpaired) electrons. The van der Waals surface area contributed by atoms with Gasteiger partial charge in [-0.25, -0.2) is 8.78 Å². The number of nitrogens with zero attached hydrogens (tertiary/aromatic N) is 1. The molecule has 1 aliphatic rings. The van der Waals surface area contributed by atoms with Crippen LogP contribution in [0.2, 0.25) is 0 Å². The number of carbonyl (C=O) groups excluding carboxylic acids is 1. The van der Waals surface area contributed by atoms with E-state index in [4.69, 9.17) is 0 Å². The van der Waals surface area contributed by atoms with Gasteiger partial charge in [-0.1, -0.05) is 0 Å². The van der Waals surface area contributed by atoms with Crippen LogP contribution in [0, 0.1) is 17.6 Å². The lowest BCUT2D eigenvalue weighted by Gasteiger charge is -2.17. The Morgan fingerprint density at radius 1 is 1.55 bits per heavy atom. The molecule has 1 fully saturated rings. The molecule has 4 nitrogen and oxygen atoms in total. The maximum atomic E-state index is 13.4. The summed E-state index contributed by atoms with van der Waals surface area (Å²) in [6, 6.07) is 3.03. The van der Waals surface area contributed by atoms with E-state index in [1.165, 1.54) is 6.07 Å². The van der Waals surface area contributed by atoms with Crippen molar-refractivity contribution in [3.63, 3.8) is 0 Å². The minimum atomic E-state index is -0.790. The standard InChI is InChI=1S/C14H18F2N2O2/c1-9(19)10-4-5-18(7-10)8-14(20)17-13-3-2-11(15)6-12(13)16/h2-3,6,9-10,19H,4-5,7-8H2,1H3,(H,17,20). The number of rotatable bonds is 4. The predicted molar refractivity (Wildman–Crippen MR) is 71.2 cm³/mol. The molecule has 20 heavy (non-hydrogen) atoms. The van der Waals surface area contributed by atoms with E-state index in [1.807, 2.05) is 4.90 Å². The summed E-state index contributed by atoms with van der Waals surface area (Å²) in [5.41, 5.74) is -0.0253. The number of benzene rings is 1. The van der Waals surface area contributed by atoms with Crippen molar-refractivity contribution in [3.8, 4) is 0 Å². The van der Waals surface area contributed by atoms with Crippen LogP contribution in [0.15, 0.2) is 18.2 Å². The molecule has 1 aromatic carbocycles. The fraction of sp³-hybridized carbons (Fsp3) is 0.500. The van der Waals surface area contributed by atoms with Gasteiger partial charge in [-0.15, -0.1) is 0 Å². The number of hydrogen-bond donors (Lipinski definition) is 2. The summed E-state index contributed by atoms with van der Waals surface area (Å²) in [7, 11) is 0. The van der Waals surface area contributed by atoms with Gasteiger partial charge in [0.15, 0.2) is 0 Å². The molecule has 2 unspecified atom stereocenters. The summed E-state index contributed by atoms with van der Waals surface area (Å²) in [5, 5.41) is 11.9. The van der Waals surface area contributed by atoms with Crippen LogP contribution in [0.25, 0.3) is 0 Å². The first-order valence-corrected chi connectivity index (χ1v) is 6.61. The van der Waals surface area contributed by atoms with Crippen molar-refractivity contribution < 1.29 is 18.7 Å². The fourth-order valence-electron chi connectivity index (χ4n) is 2.38. The van der Waals surface area contributed by atoms with Gasteiger partial charge in [0.1, 0.15) is 11.6 Å². The second-order valence-electron chi connectivity index (χ2n) is 5.20. The number of nitrogens with one attached hydrogen (secondary N) is 1. The highest BCUT2D eigenvalue weighted by atomic mass is 19.1. The first-order chi connectivity index (χ1) is 9.45. The van der Waals surface area contributed by atoms with Gasteiger partial charge in [-0.05, 0) is 37.9 Å². The number of anilines is 1. The van der Waals surface area contributed by atoms with Crippen LogP contribution in [-0.2, 0) is 4.79 Å². The minimum absolute atomic E-state index is 0.0253. The molecule has 1 saturated heterocycles. The number of aliphatic hydroxyl groups excluding tert-OH is 1. The monoisotopic (exact) mass is 284 g/mol. The summed E-state index contributed by atoms with van der Waals surface area (Å²) in [4.78, 5) is 13.7. The molecular formula is C14H18F2N2O2. The van der Waals surface area contributed by atoms with Crippen LogP contribution >= 0.6 is 0 Å². The van der Waals surface area contributed by atoms with Gasteiger partial charge in [0.05, 0.1) is 18.3 Å². The topological polar surface area (TPSA) is 52.6 Å². The second kappa shape index (κ2) is 6.28. The van der Waals surface area contributed by atoms with Crippen LogP contribution in [0.4, 0.5) is 14.5 Å². The summed E-state index contributed by atoms with van der Waals surface area (Å²) in [6.07, 6.45) is 0.452. The molecule has 1 aromatic rings. The normalized spacial score (nSPS) is 20.9. The Hall–Kier alpha value is -1.53. The molecule has 1 aliphatic heterocycles. The van der Waals surface area contributed by atoms with Gasteiger partial charge < -0.3 is 10.4 Å². The molecule has 1 heterocycles. The zero-order chi connectivity index (χ0) is 14.7. The van der Waals surface area contributed by atoms with Crippen LogP contribution in [0.3, 0.4) is 0 Å². The summed E-state index contributed by atoms with van der Waals surface area (Å²) < 4.78 is 26.1. The number of amides is 1. The minimum Gasteiger partial charge on any atom is -0.393 e. The van der Waals surface area contributed by atoms with E-state index >= 15 is 0 Å². The Labute approximate surface area is 116 Å². The molecule has 2 rings (SSSR count). The van der Waals surface area contributed by atoms with Crippen LogP contribution in [-0.4, -0.2) is 41.7 Å². The van der Waals surface area contributed by atoms with Gasteiger partial charge in [-0.3, -0.25) is 9.69 Å². The Kier molecular flexibility index (Phi) is 4.67. The first-order valence-electron chi connectivity index (χ1n) is 6.61. The Morgan fingerprint density at radius 2 is 2.30 bits per heavy atom. The SMILES string of the molecule is CC(O)C1CCN(CC(=O)Nc2ccc(F)cc2F)C1. The molecular weight excluding hydrogens is 266 g/mol. The van der Waals surface area contributed by atoms with E-state index in [9.17, 15) is 18.7 Å². The summed E-state index contributed by atoms with van der Waals surface area (Å²) in [6.45, 7) is 3.26. The Balaban J connectivity index is 1.87. The quantitative estimate of drug-likeness (QED) is 0.883. The molecule has 0 spiro atoms. The predicted octanol–water partition coefficient (Wildman–Crippen LogP) is 1.61. The average molecular weight is 284 g/mol. The second-order valence-corrected chi connectivity index (χ2v) is 5.20. The lowest BCUT2D eigenvalue weighted by molar-refractivity contribution is -0.117. The van der Waals surface area contributed by atoms with E-state index < -0.39 is 17.7 Å². The molecule has 0 saturated carbocycles. The van der Waals surface area contributed by atoms with E-state index in [2.05, 4.69) is 5.32 Å². The number of aliphatic hydroxyl groups is 1.